The second-order valence-corrected chi connectivity index (χ2v) is 9.68. The topological polar surface area (TPSA) is 97.0 Å². The highest BCUT2D eigenvalue weighted by Gasteiger charge is 2.50. The van der Waals surface area contributed by atoms with Gasteiger partial charge in [-0.3, -0.25) is 14.5 Å². The zero-order valence-electron chi connectivity index (χ0n) is 17.8. The predicted molar refractivity (Wildman–Crippen MR) is 106 cm³/mol. The Bertz CT molecular complexity index is 858. The van der Waals surface area contributed by atoms with Crippen LogP contribution in [0.25, 0.3) is 0 Å². The lowest BCUT2D eigenvalue weighted by Gasteiger charge is -2.33. The molecule has 1 atom stereocenters. The van der Waals surface area contributed by atoms with Crippen molar-refractivity contribution >= 4 is 17.8 Å². The molecule has 0 bridgehead atoms. The number of ether oxygens (including phenoxy) is 2. The average Bonchev–Trinajstić information content (AvgIpc) is 3.10. The normalized spacial score (nSPS) is 21.4. The molecule has 2 heterocycles. The van der Waals surface area contributed by atoms with Gasteiger partial charge >= 0.3 is 6.03 Å². The Hall–Kier alpha value is -2.77. The van der Waals surface area contributed by atoms with Gasteiger partial charge < -0.3 is 20.1 Å². The second-order valence-electron chi connectivity index (χ2n) is 9.68. The van der Waals surface area contributed by atoms with E-state index in [2.05, 4.69) is 31.4 Å². The van der Waals surface area contributed by atoms with Gasteiger partial charge in [-0.1, -0.05) is 26.8 Å². The maximum atomic E-state index is 13.1. The van der Waals surface area contributed by atoms with Gasteiger partial charge in [-0.05, 0) is 50.3 Å². The van der Waals surface area contributed by atoms with Crippen LogP contribution >= 0.6 is 0 Å². The largest absolute Gasteiger partial charge is 0.454 e. The number of nitrogens with zero attached hydrogens (tertiary/aromatic N) is 1. The molecule has 1 aromatic rings. The molecular formula is C21H29N3O5. The summed E-state index contributed by atoms with van der Waals surface area (Å²) in [5.41, 5.74) is -1.15. The Labute approximate surface area is 170 Å². The Balaban J connectivity index is 1.73. The van der Waals surface area contributed by atoms with Crippen LogP contribution in [-0.4, -0.2) is 41.6 Å². The van der Waals surface area contributed by atoms with Gasteiger partial charge in [0.1, 0.15) is 12.1 Å². The Morgan fingerprint density at radius 2 is 1.83 bits per heavy atom. The summed E-state index contributed by atoms with van der Waals surface area (Å²) in [6.45, 7) is 11.5. The number of nitrogens with one attached hydrogen (secondary N) is 2. The summed E-state index contributed by atoms with van der Waals surface area (Å²) < 4.78 is 10.7. The van der Waals surface area contributed by atoms with Gasteiger partial charge in [0.15, 0.2) is 11.5 Å². The minimum absolute atomic E-state index is 0.0234. The van der Waals surface area contributed by atoms with Crippen LogP contribution in [0.5, 0.6) is 11.5 Å². The first-order valence-corrected chi connectivity index (χ1v) is 9.66. The van der Waals surface area contributed by atoms with Crippen molar-refractivity contribution in [2.45, 2.75) is 59.0 Å². The van der Waals surface area contributed by atoms with Crippen molar-refractivity contribution in [3.63, 3.8) is 0 Å². The number of amides is 4. The maximum Gasteiger partial charge on any atom is 0.325 e. The summed E-state index contributed by atoms with van der Waals surface area (Å²) in [6.07, 6.45) is 0.751. The third-order valence-corrected chi connectivity index (χ3v) is 4.98. The first-order valence-electron chi connectivity index (χ1n) is 9.66. The van der Waals surface area contributed by atoms with Gasteiger partial charge in [0.2, 0.25) is 12.7 Å². The molecule has 2 aliphatic rings. The van der Waals surface area contributed by atoms with Gasteiger partial charge in [-0.2, -0.15) is 0 Å². The van der Waals surface area contributed by atoms with Crippen molar-refractivity contribution in [2.75, 3.05) is 13.3 Å². The van der Waals surface area contributed by atoms with Crippen LogP contribution in [0.2, 0.25) is 0 Å². The summed E-state index contributed by atoms with van der Waals surface area (Å²) >= 11 is 0. The Kier molecular flexibility index (Phi) is 5.01. The molecular weight excluding hydrogens is 374 g/mol. The fourth-order valence-corrected chi connectivity index (χ4v) is 4.17. The van der Waals surface area contributed by atoms with Crippen molar-refractivity contribution < 1.29 is 23.9 Å². The molecule has 8 heteroatoms. The van der Waals surface area contributed by atoms with Crippen LogP contribution in [0.1, 0.15) is 53.5 Å². The molecule has 1 aromatic carbocycles. The number of urea groups is 1. The van der Waals surface area contributed by atoms with E-state index in [-0.39, 0.29) is 24.7 Å². The van der Waals surface area contributed by atoms with E-state index in [9.17, 15) is 14.4 Å². The number of rotatable bonds is 5. The van der Waals surface area contributed by atoms with E-state index in [0.29, 0.717) is 17.1 Å². The number of imide groups is 1. The molecule has 0 saturated carbocycles. The minimum Gasteiger partial charge on any atom is -0.454 e. The number of benzene rings is 1. The van der Waals surface area contributed by atoms with Crippen LogP contribution in [0.4, 0.5) is 4.79 Å². The maximum absolute atomic E-state index is 13.1. The number of hydrogen-bond acceptors (Lipinski definition) is 5. The van der Waals surface area contributed by atoms with Gasteiger partial charge in [0.25, 0.3) is 5.91 Å². The SMILES string of the molecule is CC(C)(C)CC(C)(C)NC(=O)CN1C(=O)N[C@@](C)(c2ccc3c(c2)OCO3)C1=O. The van der Waals surface area contributed by atoms with E-state index in [1.165, 1.54) is 0 Å². The highest BCUT2D eigenvalue weighted by Crippen LogP contribution is 2.37. The molecule has 0 radical (unpaired) electrons. The molecule has 8 nitrogen and oxygen atoms in total. The summed E-state index contributed by atoms with van der Waals surface area (Å²) in [5, 5.41) is 5.64. The van der Waals surface area contributed by atoms with Crippen LogP contribution in [0, 0.1) is 5.41 Å². The molecule has 29 heavy (non-hydrogen) atoms. The predicted octanol–water partition coefficient (Wildman–Crippen LogP) is 2.51. The molecule has 0 spiro atoms. The van der Waals surface area contributed by atoms with Crippen LogP contribution in [0.15, 0.2) is 18.2 Å². The van der Waals surface area contributed by atoms with E-state index < -0.39 is 23.0 Å². The monoisotopic (exact) mass is 403 g/mol. The third kappa shape index (κ3) is 4.31. The van der Waals surface area contributed by atoms with Gasteiger partial charge in [-0.15, -0.1) is 0 Å². The minimum atomic E-state index is -1.28. The Morgan fingerprint density at radius 3 is 2.48 bits per heavy atom. The first-order chi connectivity index (χ1) is 13.3. The highest BCUT2D eigenvalue weighted by molar-refractivity contribution is 6.09. The van der Waals surface area contributed by atoms with E-state index >= 15 is 0 Å². The number of carbonyl (C=O) groups excluding carboxylic acids is 3. The second kappa shape index (κ2) is 6.93. The van der Waals surface area contributed by atoms with Crippen molar-refractivity contribution in [2.24, 2.45) is 5.41 Å². The molecule has 158 valence electrons. The van der Waals surface area contributed by atoms with Crippen LogP contribution < -0.4 is 20.1 Å². The fourth-order valence-electron chi connectivity index (χ4n) is 4.17. The summed E-state index contributed by atoms with van der Waals surface area (Å²) in [6, 6.07) is 4.49. The zero-order valence-corrected chi connectivity index (χ0v) is 17.8. The molecule has 2 N–H and O–H groups in total. The fraction of sp³-hybridized carbons (Fsp3) is 0.571. The smallest absolute Gasteiger partial charge is 0.325 e. The molecule has 0 aliphatic carbocycles. The summed E-state index contributed by atoms with van der Waals surface area (Å²) in [4.78, 5) is 39.1. The van der Waals surface area contributed by atoms with E-state index in [1.807, 2.05) is 13.8 Å². The molecule has 1 saturated heterocycles. The van der Waals surface area contributed by atoms with Crippen LogP contribution in [-0.2, 0) is 15.1 Å². The standard InChI is InChI=1S/C21H29N3O5/c1-19(2,3)11-20(4,5)22-16(25)10-24-17(26)21(6,23-18(24)27)13-7-8-14-15(9-13)29-12-28-14/h7-9H,10-12H2,1-6H3,(H,22,25)(H,23,27)/t21-/m0/s1. The zero-order chi connectivity index (χ0) is 21.6. The highest BCUT2D eigenvalue weighted by atomic mass is 16.7. The van der Waals surface area contributed by atoms with Gasteiger partial charge in [-0.25, -0.2) is 4.79 Å². The lowest BCUT2D eigenvalue weighted by atomic mass is 9.82. The van der Waals surface area contributed by atoms with E-state index in [4.69, 9.17) is 9.47 Å². The van der Waals surface area contributed by atoms with Gasteiger partial charge in [0, 0.05) is 5.54 Å². The molecule has 1 fully saturated rings. The first kappa shape index (κ1) is 21.0. The third-order valence-electron chi connectivity index (χ3n) is 4.98. The van der Waals surface area contributed by atoms with Crippen molar-refractivity contribution in [1.82, 2.24) is 15.5 Å². The molecule has 0 unspecified atom stereocenters. The average molecular weight is 403 g/mol. The molecule has 4 amide bonds. The summed E-state index contributed by atoms with van der Waals surface area (Å²) in [7, 11) is 0. The number of hydrogen-bond donors (Lipinski definition) is 2. The molecule has 0 aromatic heterocycles. The number of carbonyl (C=O) groups is 3. The van der Waals surface area contributed by atoms with Crippen molar-refractivity contribution in [3.8, 4) is 11.5 Å². The lowest BCUT2D eigenvalue weighted by Crippen LogP contribution is -2.50. The van der Waals surface area contributed by atoms with E-state index in [0.717, 1.165) is 11.3 Å². The van der Waals surface area contributed by atoms with Crippen LogP contribution in [0.3, 0.4) is 0 Å². The summed E-state index contributed by atoms with van der Waals surface area (Å²) in [5.74, 6) is 0.250. The quantitative estimate of drug-likeness (QED) is 0.737. The molecule has 2 aliphatic heterocycles. The van der Waals surface area contributed by atoms with Crippen molar-refractivity contribution in [3.05, 3.63) is 23.8 Å². The lowest BCUT2D eigenvalue weighted by molar-refractivity contribution is -0.135. The molecule has 3 rings (SSSR count). The van der Waals surface area contributed by atoms with E-state index in [1.54, 1.807) is 25.1 Å². The Morgan fingerprint density at radius 1 is 1.17 bits per heavy atom. The van der Waals surface area contributed by atoms with Gasteiger partial charge in [0.05, 0.1) is 0 Å². The number of fused-ring (bicyclic) bond motifs is 1. The van der Waals surface area contributed by atoms with Crippen molar-refractivity contribution in [1.29, 1.82) is 0 Å².